The zero-order chi connectivity index (χ0) is 14.1. The number of piperidine rings is 1. The molecule has 2 heterocycles. The van der Waals surface area contributed by atoms with E-state index in [2.05, 4.69) is 17.9 Å². The molecule has 1 aliphatic heterocycles. The van der Waals surface area contributed by atoms with E-state index in [0.29, 0.717) is 17.4 Å². The summed E-state index contributed by atoms with van der Waals surface area (Å²) >= 11 is 0. The number of anilines is 2. The molecule has 0 atom stereocenters. The first-order valence-corrected chi connectivity index (χ1v) is 7.73. The lowest BCUT2D eigenvalue weighted by Gasteiger charge is -2.30. The molecule has 1 aliphatic carbocycles. The average molecular weight is 273 g/mol. The molecule has 5 nitrogen and oxygen atoms in total. The predicted molar refractivity (Wildman–Crippen MR) is 79.5 cm³/mol. The maximum atomic E-state index is 9.43. The first-order valence-electron chi connectivity index (χ1n) is 7.73. The zero-order valence-corrected chi connectivity index (χ0v) is 12.2. The summed E-state index contributed by atoms with van der Waals surface area (Å²) in [7, 11) is 0. The van der Waals surface area contributed by atoms with Crippen molar-refractivity contribution < 1.29 is 0 Å². The molecular formula is C15H23N5. The summed E-state index contributed by atoms with van der Waals surface area (Å²) in [5.41, 5.74) is 6.76. The van der Waals surface area contributed by atoms with Crippen LogP contribution < -0.4 is 10.6 Å². The van der Waals surface area contributed by atoms with Gasteiger partial charge >= 0.3 is 0 Å². The van der Waals surface area contributed by atoms with Crippen LogP contribution in [0.4, 0.5) is 11.6 Å². The normalized spacial score (nSPS) is 21.3. The van der Waals surface area contributed by atoms with E-state index in [1.54, 1.807) is 0 Å². The highest BCUT2D eigenvalue weighted by atomic mass is 15.4. The van der Waals surface area contributed by atoms with Gasteiger partial charge in [-0.1, -0.05) is 19.8 Å². The van der Waals surface area contributed by atoms with Gasteiger partial charge in [0.05, 0.1) is 6.04 Å². The molecule has 1 aromatic heterocycles. The number of aromatic nitrogens is 2. The Bertz CT molecular complexity index is 513. The van der Waals surface area contributed by atoms with Crippen LogP contribution in [0, 0.1) is 17.2 Å². The molecular weight excluding hydrogens is 250 g/mol. The van der Waals surface area contributed by atoms with Gasteiger partial charge in [0, 0.05) is 13.1 Å². The van der Waals surface area contributed by atoms with Crippen LogP contribution in [0.3, 0.4) is 0 Å². The van der Waals surface area contributed by atoms with Crippen LogP contribution in [0.5, 0.6) is 0 Å². The molecule has 3 rings (SSSR count). The van der Waals surface area contributed by atoms with Crippen molar-refractivity contribution in [2.24, 2.45) is 5.92 Å². The van der Waals surface area contributed by atoms with E-state index < -0.39 is 0 Å². The smallest absolute Gasteiger partial charge is 0.170 e. The molecule has 0 bridgehead atoms. The Morgan fingerprint density at radius 2 is 1.85 bits per heavy atom. The Morgan fingerprint density at radius 1 is 1.20 bits per heavy atom. The van der Waals surface area contributed by atoms with Crippen molar-refractivity contribution in [1.29, 1.82) is 5.26 Å². The molecule has 20 heavy (non-hydrogen) atoms. The van der Waals surface area contributed by atoms with E-state index in [4.69, 9.17) is 10.8 Å². The van der Waals surface area contributed by atoms with Crippen molar-refractivity contribution in [2.45, 2.75) is 51.5 Å². The van der Waals surface area contributed by atoms with E-state index in [-0.39, 0.29) is 0 Å². The van der Waals surface area contributed by atoms with Crippen molar-refractivity contribution in [3.05, 3.63) is 5.56 Å². The highest BCUT2D eigenvalue weighted by Gasteiger charge is 2.27. The Hall–Kier alpha value is -1.70. The third-order valence-electron chi connectivity index (χ3n) is 4.79. The fourth-order valence-corrected chi connectivity index (χ4v) is 3.41. The molecule has 108 valence electrons. The topological polar surface area (TPSA) is 70.9 Å². The zero-order valence-electron chi connectivity index (χ0n) is 12.2. The maximum Gasteiger partial charge on any atom is 0.170 e. The van der Waals surface area contributed by atoms with Gasteiger partial charge in [-0.15, -0.1) is 0 Å². The fourth-order valence-electron chi connectivity index (χ4n) is 3.41. The fraction of sp³-hybridized carbons (Fsp3) is 0.733. The minimum absolute atomic E-state index is 0.388. The predicted octanol–water partition coefficient (Wildman–Crippen LogP) is 2.69. The van der Waals surface area contributed by atoms with E-state index >= 15 is 0 Å². The maximum absolute atomic E-state index is 9.43. The van der Waals surface area contributed by atoms with Crippen LogP contribution in [0.15, 0.2) is 0 Å². The van der Waals surface area contributed by atoms with Crippen LogP contribution in [0.25, 0.3) is 0 Å². The van der Waals surface area contributed by atoms with Crippen LogP contribution in [-0.4, -0.2) is 22.9 Å². The average Bonchev–Trinajstić information content (AvgIpc) is 3.07. The Labute approximate surface area is 120 Å². The van der Waals surface area contributed by atoms with Gasteiger partial charge in [-0.2, -0.15) is 10.4 Å². The molecule has 2 fully saturated rings. The summed E-state index contributed by atoms with van der Waals surface area (Å²) in [5.74, 6) is 2.14. The Morgan fingerprint density at radius 3 is 2.45 bits per heavy atom. The lowest BCUT2D eigenvalue weighted by molar-refractivity contribution is 0.430. The van der Waals surface area contributed by atoms with Crippen LogP contribution in [0.2, 0.25) is 0 Å². The number of nitriles is 1. The summed E-state index contributed by atoms with van der Waals surface area (Å²) in [6.07, 6.45) is 7.08. The molecule has 0 unspecified atom stereocenters. The van der Waals surface area contributed by atoms with Gasteiger partial charge in [0.2, 0.25) is 0 Å². The van der Waals surface area contributed by atoms with Crippen molar-refractivity contribution in [2.75, 3.05) is 23.7 Å². The van der Waals surface area contributed by atoms with Gasteiger partial charge in [-0.3, -0.25) is 0 Å². The van der Waals surface area contributed by atoms with Gasteiger partial charge in [-0.25, -0.2) is 4.68 Å². The monoisotopic (exact) mass is 273 g/mol. The number of rotatable bonds is 2. The third-order valence-corrected chi connectivity index (χ3v) is 4.79. The summed E-state index contributed by atoms with van der Waals surface area (Å²) in [4.78, 5) is 2.24. The molecule has 1 saturated carbocycles. The molecule has 5 heteroatoms. The second-order valence-electron chi connectivity index (χ2n) is 6.25. The van der Waals surface area contributed by atoms with E-state index in [9.17, 15) is 5.26 Å². The van der Waals surface area contributed by atoms with Gasteiger partial charge < -0.3 is 10.6 Å². The highest BCUT2D eigenvalue weighted by Crippen LogP contribution is 2.35. The third kappa shape index (κ3) is 2.24. The number of nitrogens with zero attached hydrogens (tertiary/aromatic N) is 4. The lowest BCUT2D eigenvalue weighted by atomic mass is 9.99. The van der Waals surface area contributed by atoms with Crippen molar-refractivity contribution in [3.8, 4) is 6.07 Å². The summed E-state index contributed by atoms with van der Waals surface area (Å²) in [6.45, 7) is 4.25. The van der Waals surface area contributed by atoms with Gasteiger partial charge in [-0.05, 0) is 31.6 Å². The van der Waals surface area contributed by atoms with Crippen LogP contribution in [0.1, 0.15) is 57.1 Å². The van der Waals surface area contributed by atoms with Crippen LogP contribution in [-0.2, 0) is 0 Å². The van der Waals surface area contributed by atoms with E-state index in [1.165, 1.54) is 25.7 Å². The summed E-state index contributed by atoms with van der Waals surface area (Å²) in [5, 5.41) is 14.1. The van der Waals surface area contributed by atoms with Crippen molar-refractivity contribution >= 4 is 11.6 Å². The summed E-state index contributed by atoms with van der Waals surface area (Å²) in [6, 6.07) is 2.65. The lowest BCUT2D eigenvalue weighted by Crippen LogP contribution is -2.33. The molecule has 0 spiro atoms. The molecule has 2 aliphatic rings. The molecule has 0 aromatic carbocycles. The first kappa shape index (κ1) is 13.3. The van der Waals surface area contributed by atoms with Crippen molar-refractivity contribution in [3.63, 3.8) is 0 Å². The molecule has 0 amide bonds. The Balaban J connectivity index is 1.90. The molecule has 2 N–H and O–H groups in total. The standard InChI is InChI=1S/C15H23N5/c1-11-6-8-19(9-7-11)15-13(10-16)14(17)20(18-15)12-4-2-3-5-12/h11-12H,2-9,17H2,1H3. The largest absolute Gasteiger partial charge is 0.383 e. The number of nitrogens with two attached hydrogens (primary N) is 1. The second kappa shape index (κ2) is 5.35. The molecule has 0 radical (unpaired) electrons. The number of hydrogen-bond donors (Lipinski definition) is 1. The molecule has 1 aromatic rings. The quantitative estimate of drug-likeness (QED) is 0.899. The van der Waals surface area contributed by atoms with Gasteiger partial charge in [0.1, 0.15) is 17.5 Å². The van der Waals surface area contributed by atoms with E-state index in [0.717, 1.165) is 37.7 Å². The van der Waals surface area contributed by atoms with Gasteiger partial charge in [0.15, 0.2) is 5.82 Å². The minimum Gasteiger partial charge on any atom is -0.383 e. The SMILES string of the molecule is CC1CCN(c2nn(C3CCCC3)c(N)c2C#N)CC1. The molecule has 1 saturated heterocycles. The summed E-state index contributed by atoms with van der Waals surface area (Å²) < 4.78 is 1.92. The highest BCUT2D eigenvalue weighted by molar-refractivity contribution is 5.65. The number of hydrogen-bond acceptors (Lipinski definition) is 4. The van der Waals surface area contributed by atoms with Gasteiger partial charge in [0.25, 0.3) is 0 Å². The Kier molecular flexibility index (Phi) is 3.56. The van der Waals surface area contributed by atoms with Crippen LogP contribution >= 0.6 is 0 Å². The first-order chi connectivity index (χ1) is 9.70. The van der Waals surface area contributed by atoms with Crippen molar-refractivity contribution in [1.82, 2.24) is 9.78 Å². The number of nitrogen functional groups attached to an aromatic ring is 1. The van der Waals surface area contributed by atoms with E-state index in [1.807, 2.05) is 4.68 Å². The minimum atomic E-state index is 0.388. The second-order valence-corrected chi connectivity index (χ2v) is 6.25.